The quantitative estimate of drug-likeness (QED) is 0.269. The first-order valence-corrected chi connectivity index (χ1v) is 12.4. The second-order valence-electron chi connectivity index (χ2n) is 8.92. The van der Waals surface area contributed by atoms with Gasteiger partial charge in [-0.3, -0.25) is 9.67 Å². The number of hydrogen-bond acceptors (Lipinski definition) is 8. The van der Waals surface area contributed by atoms with Gasteiger partial charge in [-0.05, 0) is 64.0 Å². The van der Waals surface area contributed by atoms with Crippen molar-refractivity contribution in [2.24, 2.45) is 0 Å². The molecule has 5 aromatic rings. The molecule has 0 spiro atoms. The smallest absolute Gasteiger partial charge is 0.138 e. The lowest BCUT2D eigenvalue weighted by atomic mass is 10.1. The molecule has 3 heterocycles. The highest BCUT2D eigenvalue weighted by molar-refractivity contribution is 5.43. The van der Waals surface area contributed by atoms with Crippen LogP contribution in [0.25, 0.3) is 0 Å². The SMILES string of the molecule is OCC(c1ccc(COc2ccc(C#Cc3ccc(CC(O)Cn4cnnn4)nc3)cc2)cc1)n1cccn1. The predicted molar refractivity (Wildman–Crippen MR) is 142 cm³/mol. The lowest BCUT2D eigenvalue weighted by Gasteiger charge is -2.16. The molecule has 10 heteroatoms. The van der Waals surface area contributed by atoms with Gasteiger partial charge in [-0.15, -0.1) is 5.10 Å². The molecule has 0 fully saturated rings. The van der Waals surface area contributed by atoms with E-state index in [4.69, 9.17) is 4.74 Å². The Hall–Kier alpha value is -4.85. The lowest BCUT2D eigenvalue weighted by molar-refractivity contribution is 0.147. The Morgan fingerprint density at radius 2 is 1.74 bits per heavy atom. The molecule has 5 rings (SSSR count). The van der Waals surface area contributed by atoms with Crippen LogP contribution in [0.3, 0.4) is 0 Å². The fourth-order valence-electron chi connectivity index (χ4n) is 3.99. The van der Waals surface area contributed by atoms with E-state index in [0.29, 0.717) is 19.6 Å². The largest absolute Gasteiger partial charge is 0.489 e. The number of nitrogens with zero attached hydrogens (tertiary/aromatic N) is 7. The normalized spacial score (nSPS) is 12.4. The number of pyridine rings is 1. The Labute approximate surface area is 225 Å². The summed E-state index contributed by atoms with van der Waals surface area (Å²) in [5, 5.41) is 35.0. The molecular formula is C29H27N7O3. The molecule has 0 aliphatic rings. The Morgan fingerprint density at radius 1 is 0.949 bits per heavy atom. The Morgan fingerprint density at radius 3 is 2.41 bits per heavy atom. The minimum atomic E-state index is -0.635. The third-order valence-electron chi connectivity index (χ3n) is 6.05. The number of benzene rings is 2. The van der Waals surface area contributed by atoms with E-state index in [9.17, 15) is 10.2 Å². The van der Waals surface area contributed by atoms with E-state index in [2.05, 4.69) is 37.4 Å². The van der Waals surface area contributed by atoms with Crippen molar-refractivity contribution in [3.05, 3.63) is 120 Å². The van der Waals surface area contributed by atoms with Crippen LogP contribution in [0.2, 0.25) is 0 Å². The monoisotopic (exact) mass is 521 g/mol. The number of hydrogen-bond donors (Lipinski definition) is 2. The van der Waals surface area contributed by atoms with Gasteiger partial charge in [0.25, 0.3) is 0 Å². The molecule has 0 radical (unpaired) electrons. The Kier molecular flexibility index (Phi) is 8.33. The molecule has 0 saturated carbocycles. The molecule has 2 atom stereocenters. The average Bonchev–Trinajstić information content (AvgIpc) is 3.68. The van der Waals surface area contributed by atoms with E-state index in [-0.39, 0.29) is 12.6 Å². The summed E-state index contributed by atoms with van der Waals surface area (Å²) in [4.78, 5) is 4.40. The third kappa shape index (κ3) is 7.13. The van der Waals surface area contributed by atoms with Gasteiger partial charge < -0.3 is 14.9 Å². The zero-order valence-electron chi connectivity index (χ0n) is 21.1. The molecule has 3 aromatic heterocycles. The molecule has 39 heavy (non-hydrogen) atoms. The van der Waals surface area contributed by atoms with E-state index in [0.717, 1.165) is 33.7 Å². The summed E-state index contributed by atoms with van der Waals surface area (Å²) in [5.74, 6) is 7.00. The number of aromatic nitrogens is 7. The van der Waals surface area contributed by atoms with Crippen LogP contribution in [-0.4, -0.2) is 57.9 Å². The van der Waals surface area contributed by atoms with Gasteiger partial charge in [-0.2, -0.15) is 5.10 Å². The fraction of sp³-hybridized carbons (Fsp3) is 0.207. The first-order chi connectivity index (χ1) is 19.2. The van der Waals surface area contributed by atoms with Crippen LogP contribution in [0.4, 0.5) is 0 Å². The molecule has 196 valence electrons. The van der Waals surface area contributed by atoms with Crippen molar-refractivity contribution in [3.63, 3.8) is 0 Å². The molecule has 2 aromatic carbocycles. The number of rotatable bonds is 10. The molecule has 2 unspecified atom stereocenters. The zero-order valence-corrected chi connectivity index (χ0v) is 21.1. The van der Waals surface area contributed by atoms with Crippen LogP contribution in [0.1, 0.15) is 34.0 Å². The van der Waals surface area contributed by atoms with Gasteiger partial charge in [0.15, 0.2) is 0 Å². The highest BCUT2D eigenvalue weighted by atomic mass is 16.5. The molecule has 10 nitrogen and oxygen atoms in total. The number of tetrazole rings is 1. The number of ether oxygens (including phenoxy) is 1. The fourth-order valence-corrected chi connectivity index (χ4v) is 3.99. The van der Waals surface area contributed by atoms with Crippen LogP contribution < -0.4 is 4.74 Å². The minimum absolute atomic E-state index is 0.0252. The molecule has 0 saturated heterocycles. The van der Waals surface area contributed by atoms with Crippen molar-refractivity contribution in [3.8, 4) is 17.6 Å². The molecular weight excluding hydrogens is 494 g/mol. The van der Waals surface area contributed by atoms with Crippen LogP contribution in [0.5, 0.6) is 5.75 Å². The van der Waals surface area contributed by atoms with Crippen LogP contribution >= 0.6 is 0 Å². The molecule has 2 N–H and O–H groups in total. The molecule has 0 aliphatic heterocycles. The first-order valence-electron chi connectivity index (χ1n) is 12.4. The van der Waals surface area contributed by atoms with E-state index in [1.165, 1.54) is 11.0 Å². The van der Waals surface area contributed by atoms with Crippen molar-refractivity contribution >= 4 is 0 Å². The number of aliphatic hydroxyl groups excluding tert-OH is 2. The van der Waals surface area contributed by atoms with Gasteiger partial charge in [0, 0.05) is 41.8 Å². The second kappa shape index (κ2) is 12.6. The maximum Gasteiger partial charge on any atom is 0.138 e. The van der Waals surface area contributed by atoms with Crippen LogP contribution in [0, 0.1) is 11.8 Å². The van der Waals surface area contributed by atoms with Crippen molar-refractivity contribution in [2.75, 3.05) is 6.61 Å². The summed E-state index contributed by atoms with van der Waals surface area (Å²) >= 11 is 0. The predicted octanol–water partition coefficient (Wildman–Crippen LogP) is 2.43. The molecule has 0 amide bonds. The van der Waals surface area contributed by atoms with Crippen LogP contribution in [0.15, 0.2) is 91.6 Å². The Balaban J connectivity index is 1.11. The standard InChI is InChI=1S/C29H27N7O3/c37-19-29(36-15-1-14-32-36)25-9-4-24(5-10-25)20-39-28-12-7-22(8-13-28)2-3-23-6-11-26(30-17-23)16-27(38)18-35-21-31-33-34-35/h1,4-15,17,21,27,29,37-38H,16,18-20H2. The number of aliphatic hydroxyl groups is 2. The summed E-state index contributed by atoms with van der Waals surface area (Å²) < 4.78 is 9.16. The van der Waals surface area contributed by atoms with Crippen molar-refractivity contribution < 1.29 is 14.9 Å². The van der Waals surface area contributed by atoms with Crippen molar-refractivity contribution in [2.45, 2.75) is 31.7 Å². The maximum absolute atomic E-state index is 10.2. The second-order valence-corrected chi connectivity index (χ2v) is 8.92. The summed E-state index contributed by atoms with van der Waals surface area (Å²) in [6.45, 7) is 0.710. The first kappa shape index (κ1) is 25.8. The van der Waals surface area contributed by atoms with E-state index in [1.54, 1.807) is 17.1 Å². The highest BCUT2D eigenvalue weighted by Crippen LogP contribution is 2.19. The van der Waals surface area contributed by atoms with Gasteiger partial charge in [0.1, 0.15) is 18.7 Å². The van der Waals surface area contributed by atoms with E-state index >= 15 is 0 Å². The van der Waals surface area contributed by atoms with E-state index in [1.807, 2.05) is 72.9 Å². The highest BCUT2D eigenvalue weighted by Gasteiger charge is 2.12. The minimum Gasteiger partial charge on any atom is -0.489 e. The van der Waals surface area contributed by atoms with E-state index < -0.39 is 6.10 Å². The van der Waals surface area contributed by atoms with Crippen molar-refractivity contribution in [1.82, 2.24) is 35.0 Å². The van der Waals surface area contributed by atoms with Gasteiger partial charge in [0.05, 0.1) is 25.3 Å². The Bertz CT molecular complexity index is 1490. The van der Waals surface area contributed by atoms with Crippen LogP contribution in [-0.2, 0) is 19.6 Å². The maximum atomic E-state index is 10.2. The summed E-state index contributed by atoms with van der Waals surface area (Å²) in [7, 11) is 0. The summed E-state index contributed by atoms with van der Waals surface area (Å²) in [6.07, 6.45) is 6.47. The summed E-state index contributed by atoms with van der Waals surface area (Å²) in [5.41, 5.74) is 4.42. The van der Waals surface area contributed by atoms with Gasteiger partial charge >= 0.3 is 0 Å². The molecule has 0 aliphatic carbocycles. The average molecular weight is 522 g/mol. The third-order valence-corrected chi connectivity index (χ3v) is 6.05. The molecule has 0 bridgehead atoms. The van der Waals surface area contributed by atoms with Gasteiger partial charge in [-0.1, -0.05) is 36.1 Å². The van der Waals surface area contributed by atoms with Gasteiger partial charge in [0.2, 0.25) is 0 Å². The van der Waals surface area contributed by atoms with Crippen molar-refractivity contribution in [1.29, 1.82) is 0 Å². The lowest BCUT2D eigenvalue weighted by Crippen LogP contribution is -2.19. The topological polar surface area (TPSA) is 124 Å². The zero-order chi connectivity index (χ0) is 26.9. The summed E-state index contributed by atoms with van der Waals surface area (Å²) in [6, 6.07) is 21.0. The van der Waals surface area contributed by atoms with Gasteiger partial charge in [-0.25, -0.2) is 4.68 Å².